The molecule has 18 heavy (non-hydrogen) atoms. The zero-order valence-corrected chi connectivity index (χ0v) is 11.4. The molecule has 1 N–H and O–H groups in total. The Morgan fingerprint density at radius 3 is 2.39 bits per heavy atom. The minimum Gasteiger partial charge on any atom is -0.308 e. The Hall–Kier alpha value is -1.26. The van der Waals surface area contributed by atoms with E-state index in [-0.39, 0.29) is 5.56 Å². The van der Waals surface area contributed by atoms with Gasteiger partial charge in [0.2, 0.25) is 0 Å². The van der Waals surface area contributed by atoms with Crippen LogP contribution in [0.4, 0.5) is 8.78 Å². The molecule has 2 aromatic rings. The van der Waals surface area contributed by atoms with Crippen LogP contribution in [0.1, 0.15) is 26.9 Å². The number of benzene rings is 1. The van der Waals surface area contributed by atoms with E-state index < -0.39 is 17.7 Å². The van der Waals surface area contributed by atoms with Gasteiger partial charge in [-0.25, -0.2) is 8.78 Å². The maximum Gasteiger partial charge on any atom is 0.134 e. The second-order valence-corrected chi connectivity index (χ2v) is 5.58. The van der Waals surface area contributed by atoms with Crippen LogP contribution in [-0.4, -0.2) is 7.05 Å². The monoisotopic (exact) mass is 267 g/mol. The summed E-state index contributed by atoms with van der Waals surface area (Å²) in [5.74, 6) is -0.982. The lowest BCUT2D eigenvalue weighted by atomic mass is 10.0. The van der Waals surface area contributed by atoms with Gasteiger partial charge in [-0.15, -0.1) is 11.3 Å². The maximum absolute atomic E-state index is 14.1. The summed E-state index contributed by atoms with van der Waals surface area (Å²) in [6, 6.07) is 6.20. The van der Waals surface area contributed by atoms with Crippen LogP contribution in [0.3, 0.4) is 0 Å². The summed E-state index contributed by atoms with van der Waals surface area (Å²) in [6.45, 7) is 3.62. The molecule has 1 nitrogen and oxygen atoms in total. The minimum atomic E-state index is -0.511. The molecule has 1 aromatic heterocycles. The van der Waals surface area contributed by atoms with Crippen molar-refractivity contribution in [3.8, 4) is 0 Å². The third-order valence-corrected chi connectivity index (χ3v) is 4.01. The van der Waals surface area contributed by atoms with Crippen LogP contribution in [0.15, 0.2) is 24.3 Å². The van der Waals surface area contributed by atoms with E-state index >= 15 is 0 Å². The fourth-order valence-electron chi connectivity index (χ4n) is 1.98. The van der Waals surface area contributed by atoms with E-state index in [0.717, 1.165) is 9.75 Å². The first kappa shape index (κ1) is 13.2. The first-order valence-electron chi connectivity index (χ1n) is 5.72. The Labute approximate surface area is 109 Å². The molecule has 0 amide bonds. The van der Waals surface area contributed by atoms with Crippen LogP contribution in [0.25, 0.3) is 0 Å². The van der Waals surface area contributed by atoms with Gasteiger partial charge >= 0.3 is 0 Å². The van der Waals surface area contributed by atoms with Gasteiger partial charge in [-0.05, 0) is 44.7 Å². The molecular weight excluding hydrogens is 252 g/mol. The molecular formula is C14H15F2NS. The summed E-state index contributed by atoms with van der Waals surface area (Å²) >= 11 is 1.54. The van der Waals surface area contributed by atoms with Crippen LogP contribution in [0, 0.1) is 25.5 Å². The summed E-state index contributed by atoms with van der Waals surface area (Å²) in [6.07, 6.45) is 0. The van der Waals surface area contributed by atoms with Gasteiger partial charge in [-0.3, -0.25) is 0 Å². The van der Waals surface area contributed by atoms with Crippen molar-refractivity contribution >= 4 is 11.3 Å². The molecule has 2 rings (SSSR count). The summed E-state index contributed by atoms with van der Waals surface area (Å²) in [4.78, 5) is 2.04. The number of halogens is 2. The van der Waals surface area contributed by atoms with Crippen LogP contribution < -0.4 is 5.32 Å². The average molecular weight is 267 g/mol. The molecule has 1 atom stereocenters. The molecule has 0 aliphatic heterocycles. The highest BCUT2D eigenvalue weighted by Gasteiger charge is 2.22. The molecule has 1 heterocycles. The Morgan fingerprint density at radius 1 is 1.11 bits per heavy atom. The third kappa shape index (κ3) is 2.31. The van der Waals surface area contributed by atoms with Gasteiger partial charge in [0.05, 0.1) is 6.04 Å². The Balaban J connectivity index is 2.55. The summed E-state index contributed by atoms with van der Waals surface area (Å²) < 4.78 is 28.0. The Morgan fingerprint density at radius 2 is 1.83 bits per heavy atom. The molecule has 0 bridgehead atoms. The van der Waals surface area contributed by atoms with E-state index in [0.29, 0.717) is 5.56 Å². The van der Waals surface area contributed by atoms with Crippen LogP contribution in [0.2, 0.25) is 0 Å². The van der Waals surface area contributed by atoms with Crippen molar-refractivity contribution in [2.75, 3.05) is 7.05 Å². The topological polar surface area (TPSA) is 12.0 Å². The molecule has 0 aliphatic rings. The number of aryl methyl sites for hydroxylation is 2. The van der Waals surface area contributed by atoms with Gasteiger partial charge in [-0.2, -0.15) is 0 Å². The summed E-state index contributed by atoms with van der Waals surface area (Å²) in [5, 5.41) is 2.99. The van der Waals surface area contributed by atoms with Crippen molar-refractivity contribution in [1.29, 1.82) is 0 Å². The van der Waals surface area contributed by atoms with E-state index in [2.05, 4.69) is 5.32 Å². The highest BCUT2D eigenvalue weighted by atomic mass is 32.1. The second kappa shape index (κ2) is 5.16. The highest BCUT2D eigenvalue weighted by molar-refractivity contribution is 7.12. The zero-order chi connectivity index (χ0) is 13.3. The van der Waals surface area contributed by atoms with Crippen LogP contribution >= 0.6 is 11.3 Å². The molecule has 0 fully saturated rings. The SMILES string of the molecule is CNC(c1ccc(C)s1)c1c(F)ccc(C)c1F. The molecule has 0 radical (unpaired) electrons. The first-order chi connectivity index (χ1) is 8.54. The maximum atomic E-state index is 14.1. The van der Waals surface area contributed by atoms with E-state index in [1.807, 2.05) is 19.1 Å². The van der Waals surface area contributed by atoms with E-state index in [1.54, 1.807) is 25.3 Å². The second-order valence-electron chi connectivity index (χ2n) is 4.26. The van der Waals surface area contributed by atoms with E-state index in [1.165, 1.54) is 12.1 Å². The first-order valence-corrected chi connectivity index (χ1v) is 6.54. The Kier molecular flexibility index (Phi) is 3.78. The lowest BCUT2D eigenvalue weighted by molar-refractivity contribution is 0.520. The van der Waals surface area contributed by atoms with Crippen molar-refractivity contribution in [2.24, 2.45) is 0 Å². The quantitative estimate of drug-likeness (QED) is 0.887. The highest BCUT2D eigenvalue weighted by Crippen LogP contribution is 2.32. The van der Waals surface area contributed by atoms with Crippen LogP contribution in [-0.2, 0) is 0 Å². The third-order valence-electron chi connectivity index (χ3n) is 2.94. The molecule has 1 aromatic carbocycles. The average Bonchev–Trinajstić information content (AvgIpc) is 2.76. The Bertz CT molecular complexity index is 563. The van der Waals surface area contributed by atoms with Gasteiger partial charge < -0.3 is 5.32 Å². The van der Waals surface area contributed by atoms with Crippen molar-refractivity contribution in [3.63, 3.8) is 0 Å². The molecule has 0 spiro atoms. The summed E-state index contributed by atoms with van der Waals surface area (Å²) in [5.41, 5.74) is 0.555. The number of hydrogen-bond acceptors (Lipinski definition) is 2. The number of thiophene rings is 1. The van der Waals surface area contributed by atoms with Crippen molar-refractivity contribution in [2.45, 2.75) is 19.9 Å². The predicted molar refractivity (Wildman–Crippen MR) is 71.1 cm³/mol. The van der Waals surface area contributed by atoms with Crippen LogP contribution in [0.5, 0.6) is 0 Å². The lowest BCUT2D eigenvalue weighted by Gasteiger charge is -2.17. The fraction of sp³-hybridized carbons (Fsp3) is 0.286. The van der Waals surface area contributed by atoms with Gasteiger partial charge in [0.1, 0.15) is 11.6 Å². The van der Waals surface area contributed by atoms with Crippen molar-refractivity contribution in [3.05, 3.63) is 56.8 Å². The molecule has 0 saturated carbocycles. The fourth-order valence-corrected chi connectivity index (χ4v) is 2.98. The number of hydrogen-bond donors (Lipinski definition) is 1. The molecule has 0 saturated heterocycles. The van der Waals surface area contributed by atoms with Gasteiger partial charge in [0.25, 0.3) is 0 Å². The van der Waals surface area contributed by atoms with Gasteiger partial charge in [0, 0.05) is 15.3 Å². The predicted octanol–water partition coefficient (Wildman–Crippen LogP) is 3.95. The van der Waals surface area contributed by atoms with E-state index in [9.17, 15) is 8.78 Å². The van der Waals surface area contributed by atoms with Gasteiger partial charge in [0.15, 0.2) is 0 Å². The van der Waals surface area contributed by atoms with Crippen molar-refractivity contribution < 1.29 is 8.78 Å². The zero-order valence-electron chi connectivity index (χ0n) is 10.6. The van der Waals surface area contributed by atoms with Crippen molar-refractivity contribution in [1.82, 2.24) is 5.32 Å². The molecule has 1 unspecified atom stereocenters. The molecule has 96 valence electrons. The van der Waals surface area contributed by atoms with Gasteiger partial charge in [-0.1, -0.05) is 6.07 Å². The van der Waals surface area contributed by atoms with E-state index in [4.69, 9.17) is 0 Å². The molecule has 0 aliphatic carbocycles. The minimum absolute atomic E-state index is 0.0966. The lowest BCUT2D eigenvalue weighted by Crippen LogP contribution is -2.20. The normalized spacial score (nSPS) is 12.7. The largest absolute Gasteiger partial charge is 0.308 e. The smallest absolute Gasteiger partial charge is 0.134 e. The number of nitrogens with one attached hydrogen (secondary N) is 1. The molecule has 4 heteroatoms. The standard InChI is InChI=1S/C14H15F2NS/c1-8-4-6-10(15)12(13(8)16)14(17-3)11-7-5-9(2)18-11/h4-7,14,17H,1-3H3. The summed E-state index contributed by atoms with van der Waals surface area (Å²) in [7, 11) is 1.71. The number of rotatable bonds is 3.